The SMILES string of the molecule is C=CCNC(=O)c1cccc(C(=O)NCCOc2ccc(OC)cc2)c1. The fourth-order valence-corrected chi connectivity index (χ4v) is 2.18. The quantitative estimate of drug-likeness (QED) is 0.536. The molecule has 0 aromatic heterocycles. The monoisotopic (exact) mass is 354 g/mol. The van der Waals surface area contributed by atoms with Crippen LogP contribution in [0.5, 0.6) is 11.5 Å². The summed E-state index contributed by atoms with van der Waals surface area (Å²) in [7, 11) is 1.60. The molecule has 0 aliphatic carbocycles. The van der Waals surface area contributed by atoms with Gasteiger partial charge in [0.25, 0.3) is 11.8 Å². The number of methoxy groups -OCH3 is 1. The van der Waals surface area contributed by atoms with Crippen molar-refractivity contribution in [1.82, 2.24) is 10.6 Å². The molecule has 2 aromatic carbocycles. The Morgan fingerprint density at radius 1 is 1.00 bits per heavy atom. The number of carbonyl (C=O) groups is 2. The average molecular weight is 354 g/mol. The zero-order chi connectivity index (χ0) is 18.8. The van der Waals surface area contributed by atoms with Crippen LogP contribution in [0.2, 0.25) is 0 Å². The number of benzene rings is 2. The van der Waals surface area contributed by atoms with Crippen molar-refractivity contribution in [3.8, 4) is 11.5 Å². The molecule has 136 valence electrons. The Labute approximate surface area is 152 Å². The fraction of sp³-hybridized carbons (Fsp3) is 0.200. The van der Waals surface area contributed by atoms with Crippen molar-refractivity contribution in [3.05, 3.63) is 72.3 Å². The Morgan fingerprint density at radius 3 is 2.23 bits per heavy atom. The van der Waals surface area contributed by atoms with E-state index < -0.39 is 0 Å². The molecule has 6 nitrogen and oxygen atoms in total. The van der Waals surface area contributed by atoms with Gasteiger partial charge in [0.1, 0.15) is 18.1 Å². The standard InChI is InChI=1S/C20H22N2O4/c1-3-11-21-19(23)15-5-4-6-16(14-15)20(24)22-12-13-26-18-9-7-17(25-2)8-10-18/h3-10,14H,1,11-13H2,2H3,(H,21,23)(H,22,24). The second-order valence-electron chi connectivity index (χ2n) is 5.36. The van der Waals surface area contributed by atoms with Crippen LogP contribution < -0.4 is 20.1 Å². The molecule has 0 saturated heterocycles. The molecule has 2 aromatic rings. The van der Waals surface area contributed by atoms with Gasteiger partial charge in [-0.3, -0.25) is 9.59 Å². The highest BCUT2D eigenvalue weighted by atomic mass is 16.5. The Bertz CT molecular complexity index is 757. The zero-order valence-electron chi connectivity index (χ0n) is 14.7. The number of ether oxygens (including phenoxy) is 2. The van der Waals surface area contributed by atoms with E-state index in [9.17, 15) is 9.59 Å². The van der Waals surface area contributed by atoms with E-state index in [0.29, 0.717) is 36.6 Å². The molecule has 6 heteroatoms. The van der Waals surface area contributed by atoms with Crippen LogP contribution in [0.3, 0.4) is 0 Å². The van der Waals surface area contributed by atoms with Gasteiger partial charge in [0.05, 0.1) is 13.7 Å². The molecule has 0 fully saturated rings. The third-order valence-electron chi connectivity index (χ3n) is 3.51. The fourth-order valence-electron chi connectivity index (χ4n) is 2.18. The summed E-state index contributed by atoms with van der Waals surface area (Å²) in [5.74, 6) is 0.938. The number of hydrogen-bond acceptors (Lipinski definition) is 4. The molecule has 0 aliphatic heterocycles. The van der Waals surface area contributed by atoms with Crippen molar-refractivity contribution >= 4 is 11.8 Å². The number of carbonyl (C=O) groups excluding carboxylic acids is 2. The zero-order valence-corrected chi connectivity index (χ0v) is 14.7. The molecule has 2 N–H and O–H groups in total. The summed E-state index contributed by atoms with van der Waals surface area (Å²) in [6.45, 7) is 4.60. The first-order valence-corrected chi connectivity index (χ1v) is 8.18. The summed E-state index contributed by atoms with van der Waals surface area (Å²) in [4.78, 5) is 24.1. The van der Waals surface area contributed by atoms with Crippen LogP contribution >= 0.6 is 0 Å². The molecule has 0 saturated carbocycles. The predicted molar refractivity (Wildman–Crippen MR) is 99.8 cm³/mol. The van der Waals surface area contributed by atoms with Gasteiger partial charge in [-0.25, -0.2) is 0 Å². The molecule has 0 heterocycles. The van der Waals surface area contributed by atoms with Gasteiger partial charge in [-0.2, -0.15) is 0 Å². The number of nitrogens with one attached hydrogen (secondary N) is 2. The van der Waals surface area contributed by atoms with Gasteiger partial charge in [0.2, 0.25) is 0 Å². The summed E-state index contributed by atoms with van der Waals surface area (Å²) >= 11 is 0. The molecule has 2 rings (SSSR count). The van der Waals surface area contributed by atoms with Crippen molar-refractivity contribution < 1.29 is 19.1 Å². The lowest BCUT2D eigenvalue weighted by atomic mass is 10.1. The molecule has 0 bridgehead atoms. The van der Waals surface area contributed by atoms with E-state index in [1.54, 1.807) is 61.7 Å². The van der Waals surface area contributed by atoms with E-state index >= 15 is 0 Å². The predicted octanol–water partition coefficient (Wildman–Crippen LogP) is 2.42. The lowest BCUT2D eigenvalue weighted by Gasteiger charge is -2.09. The Morgan fingerprint density at radius 2 is 1.62 bits per heavy atom. The molecular formula is C20H22N2O4. The van der Waals surface area contributed by atoms with Crippen LogP contribution in [-0.2, 0) is 0 Å². The Hall–Kier alpha value is -3.28. The lowest BCUT2D eigenvalue weighted by molar-refractivity contribution is 0.0947. The third-order valence-corrected chi connectivity index (χ3v) is 3.51. The number of amides is 2. The highest BCUT2D eigenvalue weighted by Crippen LogP contribution is 2.16. The van der Waals surface area contributed by atoms with Gasteiger partial charge in [-0.15, -0.1) is 6.58 Å². The largest absolute Gasteiger partial charge is 0.497 e. The van der Waals surface area contributed by atoms with Crippen molar-refractivity contribution in [1.29, 1.82) is 0 Å². The summed E-state index contributed by atoms with van der Waals surface area (Å²) < 4.78 is 10.6. The minimum atomic E-state index is -0.262. The van der Waals surface area contributed by atoms with E-state index in [2.05, 4.69) is 17.2 Å². The number of rotatable bonds is 9. The summed E-state index contributed by atoms with van der Waals surface area (Å²) in [6, 6.07) is 13.7. The molecule has 2 amide bonds. The average Bonchev–Trinajstić information content (AvgIpc) is 2.69. The van der Waals surface area contributed by atoms with Gasteiger partial charge in [-0.05, 0) is 42.5 Å². The van der Waals surface area contributed by atoms with Crippen molar-refractivity contribution in [2.45, 2.75) is 0 Å². The summed E-state index contributed by atoms with van der Waals surface area (Å²) in [6.07, 6.45) is 1.59. The van der Waals surface area contributed by atoms with Gasteiger partial charge >= 0.3 is 0 Å². The second-order valence-corrected chi connectivity index (χ2v) is 5.36. The highest BCUT2D eigenvalue weighted by molar-refractivity contribution is 5.99. The summed E-state index contributed by atoms with van der Waals surface area (Å²) in [5.41, 5.74) is 0.842. The van der Waals surface area contributed by atoms with Crippen LogP contribution in [-0.4, -0.2) is 38.6 Å². The summed E-state index contributed by atoms with van der Waals surface area (Å²) in [5, 5.41) is 5.44. The topological polar surface area (TPSA) is 76.7 Å². The molecule has 26 heavy (non-hydrogen) atoms. The maximum Gasteiger partial charge on any atom is 0.251 e. The Kier molecular flexibility index (Phi) is 7.24. The second kappa shape index (κ2) is 9.88. The first-order chi connectivity index (χ1) is 12.6. The minimum Gasteiger partial charge on any atom is -0.497 e. The molecule has 0 aliphatic rings. The highest BCUT2D eigenvalue weighted by Gasteiger charge is 2.09. The van der Waals surface area contributed by atoms with Gasteiger partial charge in [0.15, 0.2) is 0 Å². The van der Waals surface area contributed by atoms with Crippen LogP contribution in [0.25, 0.3) is 0 Å². The smallest absolute Gasteiger partial charge is 0.251 e. The van der Waals surface area contributed by atoms with E-state index in [1.807, 2.05) is 0 Å². The van der Waals surface area contributed by atoms with Crippen LogP contribution in [0, 0.1) is 0 Å². The third kappa shape index (κ3) is 5.66. The Balaban J connectivity index is 1.81. The van der Waals surface area contributed by atoms with Gasteiger partial charge < -0.3 is 20.1 Å². The molecule has 0 atom stereocenters. The molecule has 0 radical (unpaired) electrons. The van der Waals surface area contributed by atoms with Crippen LogP contribution in [0.4, 0.5) is 0 Å². The normalized spacial score (nSPS) is 9.88. The van der Waals surface area contributed by atoms with Crippen LogP contribution in [0.15, 0.2) is 61.2 Å². The molecule has 0 unspecified atom stereocenters. The van der Waals surface area contributed by atoms with Crippen molar-refractivity contribution in [3.63, 3.8) is 0 Å². The molecular weight excluding hydrogens is 332 g/mol. The number of hydrogen-bond donors (Lipinski definition) is 2. The lowest BCUT2D eigenvalue weighted by Crippen LogP contribution is -2.28. The first-order valence-electron chi connectivity index (χ1n) is 8.18. The maximum absolute atomic E-state index is 12.2. The van der Waals surface area contributed by atoms with Crippen LogP contribution in [0.1, 0.15) is 20.7 Å². The van der Waals surface area contributed by atoms with Gasteiger partial charge in [0, 0.05) is 17.7 Å². The van der Waals surface area contributed by atoms with Gasteiger partial charge in [-0.1, -0.05) is 12.1 Å². The van der Waals surface area contributed by atoms with E-state index in [1.165, 1.54) is 0 Å². The van der Waals surface area contributed by atoms with E-state index in [-0.39, 0.29) is 11.8 Å². The van der Waals surface area contributed by atoms with E-state index in [4.69, 9.17) is 9.47 Å². The minimum absolute atomic E-state index is 0.248. The van der Waals surface area contributed by atoms with Crippen molar-refractivity contribution in [2.24, 2.45) is 0 Å². The maximum atomic E-state index is 12.2. The molecule has 0 spiro atoms. The van der Waals surface area contributed by atoms with E-state index in [0.717, 1.165) is 5.75 Å². The van der Waals surface area contributed by atoms with Crippen molar-refractivity contribution in [2.75, 3.05) is 26.8 Å². The first kappa shape index (κ1) is 19.1.